The van der Waals surface area contributed by atoms with Gasteiger partial charge in [-0.3, -0.25) is 4.79 Å². The number of nitrogens with zero attached hydrogens (tertiary/aromatic N) is 1. The van der Waals surface area contributed by atoms with Crippen molar-refractivity contribution in [2.24, 2.45) is 0 Å². The summed E-state index contributed by atoms with van der Waals surface area (Å²) in [5, 5.41) is 0. The molecule has 0 amide bonds. The molecule has 0 rings (SSSR count). The summed E-state index contributed by atoms with van der Waals surface area (Å²) < 4.78 is 10.4. The number of hydrogen-bond acceptors (Lipinski definition) is 5. The van der Waals surface area contributed by atoms with E-state index in [-0.39, 0.29) is 25.3 Å². The third kappa shape index (κ3) is 10.8. The first kappa shape index (κ1) is 18.2. The number of carbonyl (C=O) groups is 2. The fraction of sp³-hybridized carbons (Fsp3) is 0.667. The molecule has 0 saturated heterocycles. The predicted octanol–water partition coefficient (Wildman–Crippen LogP) is 0.354. The standard InChI is InChI=1S/C12H23NO5P/c1-5-11(14)18-7-6-17-8-9-19(16)12(15)10-13(2,3)4/h5,16H,1,6-10H2,2-4H3/q+1. The van der Waals surface area contributed by atoms with Crippen LogP contribution in [0.5, 0.6) is 0 Å². The summed E-state index contributed by atoms with van der Waals surface area (Å²) in [6, 6.07) is 0. The number of esters is 1. The molecule has 0 aliphatic heterocycles. The molecule has 0 radical (unpaired) electrons. The van der Waals surface area contributed by atoms with Gasteiger partial charge in [0, 0.05) is 12.2 Å². The average molecular weight is 292 g/mol. The average Bonchev–Trinajstić information content (AvgIpc) is 2.30. The van der Waals surface area contributed by atoms with Crippen molar-refractivity contribution in [3.8, 4) is 0 Å². The van der Waals surface area contributed by atoms with Crippen molar-refractivity contribution < 1.29 is 28.4 Å². The Morgan fingerprint density at radius 3 is 2.42 bits per heavy atom. The fourth-order valence-corrected chi connectivity index (χ4v) is 2.26. The van der Waals surface area contributed by atoms with Crippen LogP contribution in [0.2, 0.25) is 0 Å². The Balaban J connectivity index is 3.63. The molecule has 19 heavy (non-hydrogen) atoms. The van der Waals surface area contributed by atoms with Gasteiger partial charge in [0.2, 0.25) is 5.52 Å². The number of likely N-dealkylation sites (N-methyl/N-ethyl adjacent to an activating group) is 1. The lowest BCUT2D eigenvalue weighted by atomic mass is 10.5. The van der Waals surface area contributed by atoms with Gasteiger partial charge in [0.15, 0.2) is 0 Å². The largest absolute Gasteiger partial charge is 0.460 e. The van der Waals surface area contributed by atoms with Gasteiger partial charge in [-0.2, -0.15) is 0 Å². The maximum absolute atomic E-state index is 11.6. The second kappa shape index (κ2) is 9.15. The van der Waals surface area contributed by atoms with E-state index in [4.69, 9.17) is 9.47 Å². The Labute approximate surface area is 115 Å². The Bertz CT molecular complexity index is 314. The number of ether oxygens (including phenoxy) is 2. The molecule has 0 bridgehead atoms. The molecule has 1 unspecified atom stereocenters. The first-order valence-corrected chi connectivity index (χ1v) is 7.41. The fourth-order valence-electron chi connectivity index (χ4n) is 1.13. The van der Waals surface area contributed by atoms with E-state index in [1.54, 1.807) is 0 Å². The SMILES string of the molecule is C=CC(=O)OCCOCCP(O)C(=O)C[N+](C)(C)C. The van der Waals surface area contributed by atoms with Crippen molar-refractivity contribution in [2.45, 2.75) is 0 Å². The number of rotatable bonds is 10. The smallest absolute Gasteiger partial charge is 0.330 e. The van der Waals surface area contributed by atoms with Crippen LogP contribution in [0.25, 0.3) is 0 Å². The van der Waals surface area contributed by atoms with Crippen molar-refractivity contribution in [1.29, 1.82) is 0 Å². The third-order valence-electron chi connectivity index (χ3n) is 1.98. The number of hydrogen-bond donors (Lipinski definition) is 1. The summed E-state index contributed by atoms with van der Waals surface area (Å²) in [6.45, 7) is 4.22. The Hall–Kier alpha value is -0.810. The molecule has 0 heterocycles. The molecule has 0 aromatic rings. The van der Waals surface area contributed by atoms with Crippen LogP contribution in [0.1, 0.15) is 0 Å². The zero-order chi connectivity index (χ0) is 14.9. The van der Waals surface area contributed by atoms with Gasteiger partial charge in [-0.25, -0.2) is 4.79 Å². The van der Waals surface area contributed by atoms with Crippen LogP contribution in [0.3, 0.4) is 0 Å². The molecule has 0 aromatic heterocycles. The van der Waals surface area contributed by atoms with Gasteiger partial charge >= 0.3 is 5.97 Å². The van der Waals surface area contributed by atoms with Gasteiger partial charge in [-0.1, -0.05) is 6.58 Å². The van der Waals surface area contributed by atoms with Crippen LogP contribution in [0.15, 0.2) is 12.7 Å². The minimum atomic E-state index is -1.65. The number of carbonyl (C=O) groups excluding carboxylic acids is 2. The van der Waals surface area contributed by atoms with E-state index >= 15 is 0 Å². The molecule has 0 spiro atoms. The van der Waals surface area contributed by atoms with Crippen molar-refractivity contribution >= 4 is 19.6 Å². The monoisotopic (exact) mass is 292 g/mol. The lowest BCUT2D eigenvalue weighted by Gasteiger charge is -2.23. The summed E-state index contributed by atoms with van der Waals surface area (Å²) in [7, 11) is 4.04. The summed E-state index contributed by atoms with van der Waals surface area (Å²) >= 11 is 0. The molecule has 7 heteroatoms. The van der Waals surface area contributed by atoms with Crippen molar-refractivity contribution in [3.63, 3.8) is 0 Å². The molecule has 1 N–H and O–H groups in total. The lowest BCUT2D eigenvalue weighted by molar-refractivity contribution is -0.861. The van der Waals surface area contributed by atoms with Crippen LogP contribution in [-0.2, 0) is 19.1 Å². The number of quaternary nitrogens is 1. The van der Waals surface area contributed by atoms with Crippen LogP contribution >= 0.6 is 8.15 Å². The normalized spacial score (nSPS) is 12.8. The second-order valence-electron chi connectivity index (χ2n) is 4.95. The molecule has 0 aliphatic rings. The highest BCUT2D eigenvalue weighted by atomic mass is 31.1. The highest BCUT2D eigenvalue weighted by molar-refractivity contribution is 7.69. The van der Waals surface area contributed by atoms with Gasteiger partial charge in [0.05, 0.1) is 34.4 Å². The van der Waals surface area contributed by atoms with Gasteiger partial charge < -0.3 is 18.9 Å². The minimum absolute atomic E-state index is 0.135. The molecule has 6 nitrogen and oxygen atoms in total. The summed E-state index contributed by atoms with van der Waals surface area (Å²) in [6.07, 6.45) is 1.39. The Kier molecular flexibility index (Phi) is 8.76. The lowest BCUT2D eigenvalue weighted by Crippen LogP contribution is -2.39. The molecule has 110 valence electrons. The van der Waals surface area contributed by atoms with E-state index < -0.39 is 14.1 Å². The molecular formula is C12H23NO5P+. The van der Waals surface area contributed by atoms with Crippen molar-refractivity contribution in [1.82, 2.24) is 0 Å². The summed E-state index contributed by atoms with van der Waals surface area (Å²) in [5.41, 5.74) is -0.135. The Morgan fingerprint density at radius 2 is 1.89 bits per heavy atom. The molecule has 0 aliphatic carbocycles. The van der Waals surface area contributed by atoms with Crippen molar-refractivity contribution in [3.05, 3.63) is 12.7 Å². The molecule has 1 atom stereocenters. The quantitative estimate of drug-likeness (QED) is 0.207. The predicted molar refractivity (Wildman–Crippen MR) is 73.9 cm³/mol. The van der Waals surface area contributed by atoms with Crippen LogP contribution < -0.4 is 0 Å². The van der Waals surface area contributed by atoms with E-state index in [0.29, 0.717) is 17.2 Å². The molecular weight excluding hydrogens is 269 g/mol. The van der Waals surface area contributed by atoms with Gasteiger partial charge in [0.25, 0.3) is 0 Å². The second-order valence-corrected chi connectivity index (χ2v) is 6.69. The highest BCUT2D eigenvalue weighted by Gasteiger charge is 2.22. The zero-order valence-corrected chi connectivity index (χ0v) is 12.7. The maximum Gasteiger partial charge on any atom is 0.330 e. The Morgan fingerprint density at radius 1 is 1.26 bits per heavy atom. The van der Waals surface area contributed by atoms with Crippen LogP contribution in [0.4, 0.5) is 0 Å². The van der Waals surface area contributed by atoms with Crippen LogP contribution in [0, 0.1) is 0 Å². The van der Waals surface area contributed by atoms with Gasteiger partial charge in [0.1, 0.15) is 21.3 Å². The van der Waals surface area contributed by atoms with E-state index in [1.807, 2.05) is 21.1 Å². The van der Waals surface area contributed by atoms with Gasteiger partial charge in [-0.05, 0) is 0 Å². The van der Waals surface area contributed by atoms with E-state index in [1.165, 1.54) is 0 Å². The first-order valence-electron chi connectivity index (χ1n) is 5.93. The van der Waals surface area contributed by atoms with E-state index in [0.717, 1.165) is 6.08 Å². The third-order valence-corrected chi connectivity index (χ3v) is 3.31. The zero-order valence-electron chi connectivity index (χ0n) is 11.8. The summed E-state index contributed by atoms with van der Waals surface area (Å²) in [5.74, 6) is -0.494. The van der Waals surface area contributed by atoms with E-state index in [2.05, 4.69) is 6.58 Å². The van der Waals surface area contributed by atoms with Crippen LogP contribution in [-0.4, -0.2) is 74.5 Å². The molecule has 0 saturated carbocycles. The first-order chi connectivity index (χ1) is 8.76. The van der Waals surface area contributed by atoms with Crippen molar-refractivity contribution in [2.75, 3.05) is 53.7 Å². The highest BCUT2D eigenvalue weighted by Crippen LogP contribution is 2.30. The maximum atomic E-state index is 11.6. The summed E-state index contributed by atoms with van der Waals surface area (Å²) in [4.78, 5) is 32.0. The van der Waals surface area contributed by atoms with E-state index in [9.17, 15) is 14.5 Å². The topological polar surface area (TPSA) is 72.8 Å². The molecule has 0 aromatic carbocycles. The minimum Gasteiger partial charge on any atom is -0.460 e. The van der Waals surface area contributed by atoms with Gasteiger partial charge in [-0.15, -0.1) is 0 Å². The molecule has 0 fully saturated rings.